The Bertz CT molecular complexity index is 367. The fourth-order valence-electron chi connectivity index (χ4n) is 2.10. The first kappa shape index (κ1) is 17.1. The molecule has 0 fully saturated rings. The fourth-order valence-corrected chi connectivity index (χ4v) is 2.10. The maximum atomic E-state index is 13.8. The molecular weight excluding hydrogens is 257 g/mol. The highest BCUT2D eigenvalue weighted by Gasteiger charge is 2.23. The second kappa shape index (κ2) is 9.86. The van der Waals surface area contributed by atoms with Crippen molar-refractivity contribution in [3.8, 4) is 0 Å². The van der Waals surface area contributed by atoms with Gasteiger partial charge in [-0.25, -0.2) is 4.39 Å². The summed E-state index contributed by atoms with van der Waals surface area (Å²) < 4.78 is 25.1. The zero-order valence-corrected chi connectivity index (χ0v) is 12.7. The van der Waals surface area contributed by atoms with Gasteiger partial charge in [-0.2, -0.15) is 0 Å². The number of hydrogen-bond acceptors (Lipinski definition) is 3. The molecule has 0 aliphatic rings. The Morgan fingerprint density at radius 2 is 1.75 bits per heavy atom. The molecule has 1 aromatic carbocycles. The Morgan fingerprint density at radius 3 is 2.30 bits per heavy atom. The monoisotopic (exact) mass is 283 g/mol. The molecule has 0 aromatic heterocycles. The van der Waals surface area contributed by atoms with Gasteiger partial charge < -0.3 is 14.8 Å². The van der Waals surface area contributed by atoms with E-state index in [1.54, 1.807) is 6.07 Å². The van der Waals surface area contributed by atoms with Gasteiger partial charge in [-0.15, -0.1) is 0 Å². The van der Waals surface area contributed by atoms with Crippen LogP contribution in [-0.4, -0.2) is 32.1 Å². The topological polar surface area (TPSA) is 30.5 Å². The molecule has 1 aromatic rings. The predicted molar refractivity (Wildman–Crippen MR) is 79.2 cm³/mol. The number of nitrogens with one attached hydrogen (secondary N) is 1. The number of ether oxygens (including phenoxy) is 2. The van der Waals surface area contributed by atoms with E-state index in [0.29, 0.717) is 25.2 Å². The van der Waals surface area contributed by atoms with E-state index in [1.165, 1.54) is 6.07 Å². The lowest BCUT2D eigenvalue weighted by Gasteiger charge is -2.28. The van der Waals surface area contributed by atoms with Crippen LogP contribution in [0.3, 0.4) is 0 Å². The molecule has 20 heavy (non-hydrogen) atoms. The molecule has 1 N–H and O–H groups in total. The van der Waals surface area contributed by atoms with Crippen molar-refractivity contribution in [2.24, 2.45) is 0 Å². The van der Waals surface area contributed by atoms with E-state index in [-0.39, 0.29) is 18.1 Å². The largest absolute Gasteiger partial charge is 0.351 e. The van der Waals surface area contributed by atoms with Gasteiger partial charge in [-0.3, -0.25) is 0 Å². The normalized spacial score (nSPS) is 12.8. The minimum absolute atomic E-state index is 0.0493. The van der Waals surface area contributed by atoms with Crippen LogP contribution in [0.15, 0.2) is 24.3 Å². The van der Waals surface area contributed by atoms with Crippen LogP contribution in [-0.2, 0) is 15.9 Å². The molecule has 0 bridgehead atoms. The molecule has 0 aliphatic carbocycles. The number of halogens is 1. The van der Waals surface area contributed by atoms with Gasteiger partial charge in [-0.05, 0) is 44.9 Å². The lowest BCUT2D eigenvalue weighted by molar-refractivity contribution is -0.153. The molecule has 0 radical (unpaired) electrons. The molecule has 1 unspecified atom stereocenters. The van der Waals surface area contributed by atoms with Gasteiger partial charge in [0.2, 0.25) is 0 Å². The van der Waals surface area contributed by atoms with Crippen molar-refractivity contribution in [1.82, 2.24) is 5.32 Å². The van der Waals surface area contributed by atoms with Crippen molar-refractivity contribution in [2.75, 3.05) is 19.8 Å². The molecule has 3 nitrogen and oxygen atoms in total. The van der Waals surface area contributed by atoms with Crippen LogP contribution < -0.4 is 5.32 Å². The fraction of sp³-hybridized carbons (Fsp3) is 0.625. The molecule has 114 valence electrons. The van der Waals surface area contributed by atoms with Crippen molar-refractivity contribution in [2.45, 2.75) is 45.9 Å². The highest BCUT2D eigenvalue weighted by Crippen LogP contribution is 2.13. The molecule has 1 rings (SSSR count). The van der Waals surface area contributed by atoms with E-state index < -0.39 is 0 Å². The van der Waals surface area contributed by atoms with Gasteiger partial charge in [0.15, 0.2) is 6.29 Å². The Kier molecular flexibility index (Phi) is 8.42. The van der Waals surface area contributed by atoms with Crippen molar-refractivity contribution in [1.29, 1.82) is 0 Å². The number of benzene rings is 1. The Balaban J connectivity index is 2.78. The molecule has 0 heterocycles. The maximum Gasteiger partial charge on any atom is 0.172 e. The third-order valence-corrected chi connectivity index (χ3v) is 3.04. The van der Waals surface area contributed by atoms with E-state index in [2.05, 4.69) is 12.2 Å². The average molecular weight is 283 g/mol. The molecule has 0 aliphatic heterocycles. The molecule has 0 amide bonds. The quantitative estimate of drug-likeness (QED) is 0.669. The summed E-state index contributed by atoms with van der Waals surface area (Å²) in [5.41, 5.74) is 0.686. The van der Waals surface area contributed by atoms with Gasteiger partial charge in [0, 0.05) is 13.2 Å². The molecule has 0 saturated heterocycles. The molecule has 0 spiro atoms. The molecular formula is C16H26FNO2. The van der Waals surface area contributed by atoms with E-state index in [0.717, 1.165) is 13.0 Å². The van der Waals surface area contributed by atoms with Gasteiger partial charge in [-0.1, -0.05) is 25.1 Å². The molecule has 0 saturated carbocycles. The molecule has 4 heteroatoms. The summed E-state index contributed by atoms with van der Waals surface area (Å²) in [7, 11) is 0. The first-order chi connectivity index (χ1) is 9.72. The van der Waals surface area contributed by atoms with E-state index in [4.69, 9.17) is 9.47 Å². The third-order valence-electron chi connectivity index (χ3n) is 3.04. The van der Waals surface area contributed by atoms with Crippen molar-refractivity contribution < 1.29 is 13.9 Å². The van der Waals surface area contributed by atoms with E-state index >= 15 is 0 Å². The van der Waals surface area contributed by atoms with Crippen LogP contribution in [0.1, 0.15) is 32.8 Å². The summed E-state index contributed by atoms with van der Waals surface area (Å²) >= 11 is 0. The van der Waals surface area contributed by atoms with Crippen molar-refractivity contribution in [3.63, 3.8) is 0 Å². The van der Waals surface area contributed by atoms with Crippen LogP contribution in [0.4, 0.5) is 4.39 Å². The summed E-state index contributed by atoms with van der Waals surface area (Å²) in [6, 6.07) is 6.81. The van der Waals surface area contributed by atoms with Crippen LogP contribution in [0.5, 0.6) is 0 Å². The average Bonchev–Trinajstić information content (AvgIpc) is 2.45. The second-order valence-electron chi connectivity index (χ2n) is 4.64. The zero-order valence-electron chi connectivity index (χ0n) is 12.7. The third kappa shape index (κ3) is 5.57. The van der Waals surface area contributed by atoms with Crippen molar-refractivity contribution in [3.05, 3.63) is 35.6 Å². The number of rotatable bonds is 10. The van der Waals surface area contributed by atoms with Gasteiger partial charge in [0.05, 0.1) is 6.04 Å². The van der Waals surface area contributed by atoms with E-state index in [9.17, 15) is 4.39 Å². The Morgan fingerprint density at radius 1 is 1.10 bits per heavy atom. The standard InChI is InChI=1S/C16H26FNO2/c1-4-11-18-15(16(19-5-2)20-6-3)12-13-9-7-8-10-14(13)17/h7-10,15-16,18H,4-6,11-12H2,1-3H3. The number of hydrogen-bond donors (Lipinski definition) is 1. The van der Waals surface area contributed by atoms with Gasteiger partial charge in [0.1, 0.15) is 5.82 Å². The highest BCUT2D eigenvalue weighted by molar-refractivity contribution is 5.18. The smallest absolute Gasteiger partial charge is 0.172 e. The van der Waals surface area contributed by atoms with Crippen molar-refractivity contribution >= 4 is 0 Å². The summed E-state index contributed by atoms with van der Waals surface area (Å²) in [5.74, 6) is -0.178. The van der Waals surface area contributed by atoms with E-state index in [1.807, 2.05) is 26.0 Å². The maximum absolute atomic E-state index is 13.8. The Hall–Kier alpha value is -0.970. The minimum atomic E-state index is -0.351. The minimum Gasteiger partial charge on any atom is -0.351 e. The van der Waals surface area contributed by atoms with Gasteiger partial charge in [0.25, 0.3) is 0 Å². The summed E-state index contributed by atoms with van der Waals surface area (Å²) in [6.45, 7) is 7.98. The first-order valence-corrected chi connectivity index (χ1v) is 7.42. The second-order valence-corrected chi connectivity index (χ2v) is 4.64. The molecule has 1 atom stereocenters. The summed E-state index contributed by atoms with van der Waals surface area (Å²) in [4.78, 5) is 0. The summed E-state index contributed by atoms with van der Waals surface area (Å²) in [5, 5.41) is 3.40. The van der Waals surface area contributed by atoms with Crippen LogP contribution in [0, 0.1) is 5.82 Å². The zero-order chi connectivity index (χ0) is 14.8. The highest BCUT2D eigenvalue weighted by atomic mass is 19.1. The predicted octanol–water partition coefficient (Wildman–Crippen LogP) is 3.14. The lowest BCUT2D eigenvalue weighted by atomic mass is 10.0. The van der Waals surface area contributed by atoms with Crippen LogP contribution >= 0.6 is 0 Å². The van der Waals surface area contributed by atoms with Gasteiger partial charge >= 0.3 is 0 Å². The first-order valence-electron chi connectivity index (χ1n) is 7.42. The Labute approximate surface area is 121 Å². The SMILES string of the molecule is CCCNC(Cc1ccccc1F)C(OCC)OCC. The summed E-state index contributed by atoms with van der Waals surface area (Å²) in [6.07, 6.45) is 1.21. The van der Waals surface area contributed by atoms with Crippen LogP contribution in [0.25, 0.3) is 0 Å². The lowest BCUT2D eigenvalue weighted by Crippen LogP contribution is -2.45. The van der Waals surface area contributed by atoms with Crippen LogP contribution in [0.2, 0.25) is 0 Å².